The number of amides is 1. The van der Waals surface area contributed by atoms with E-state index in [-0.39, 0.29) is 24.0 Å². The van der Waals surface area contributed by atoms with E-state index in [1.807, 2.05) is 6.07 Å². The third-order valence-corrected chi connectivity index (χ3v) is 4.19. The molecule has 0 unspecified atom stereocenters. The minimum atomic E-state index is -0.342. The normalized spacial score (nSPS) is 10.4. The molecule has 0 saturated heterocycles. The predicted octanol–water partition coefficient (Wildman–Crippen LogP) is 4.51. The number of pyridine rings is 1. The van der Waals surface area contributed by atoms with Crippen LogP contribution in [0.1, 0.15) is 27.2 Å². The van der Waals surface area contributed by atoms with E-state index in [9.17, 15) is 9.18 Å². The predicted molar refractivity (Wildman–Crippen MR) is 101 cm³/mol. The molecule has 0 bridgehead atoms. The van der Waals surface area contributed by atoms with E-state index in [2.05, 4.69) is 41.6 Å². The SMILES string of the molecule is Cc1ccc(Nc2ccc(C(=O)NCc3ccccc3F)nc2)cc1C. The van der Waals surface area contributed by atoms with Gasteiger partial charge in [-0.3, -0.25) is 4.79 Å². The van der Waals surface area contributed by atoms with Crippen LogP contribution in [0.2, 0.25) is 0 Å². The molecule has 1 aromatic heterocycles. The van der Waals surface area contributed by atoms with Crippen molar-refractivity contribution in [3.63, 3.8) is 0 Å². The third kappa shape index (κ3) is 4.25. The lowest BCUT2D eigenvalue weighted by Crippen LogP contribution is -2.24. The summed E-state index contributed by atoms with van der Waals surface area (Å²) < 4.78 is 13.6. The fourth-order valence-corrected chi connectivity index (χ4v) is 2.50. The number of nitrogens with one attached hydrogen (secondary N) is 2. The Labute approximate surface area is 152 Å². The molecule has 5 heteroatoms. The van der Waals surface area contributed by atoms with Crippen molar-refractivity contribution < 1.29 is 9.18 Å². The zero-order valence-electron chi connectivity index (χ0n) is 14.7. The van der Waals surface area contributed by atoms with Gasteiger partial charge in [-0.05, 0) is 55.3 Å². The molecule has 132 valence electrons. The minimum Gasteiger partial charge on any atom is -0.354 e. The highest BCUT2D eigenvalue weighted by Gasteiger charge is 2.08. The van der Waals surface area contributed by atoms with Gasteiger partial charge in [-0.15, -0.1) is 0 Å². The zero-order chi connectivity index (χ0) is 18.5. The number of hydrogen-bond donors (Lipinski definition) is 2. The largest absolute Gasteiger partial charge is 0.354 e. The molecule has 3 rings (SSSR count). The number of rotatable bonds is 5. The summed E-state index contributed by atoms with van der Waals surface area (Å²) in [5, 5.41) is 5.94. The molecular formula is C21H20FN3O. The lowest BCUT2D eigenvalue weighted by molar-refractivity contribution is 0.0945. The highest BCUT2D eigenvalue weighted by atomic mass is 19.1. The van der Waals surface area contributed by atoms with Gasteiger partial charge < -0.3 is 10.6 Å². The molecule has 1 heterocycles. The summed E-state index contributed by atoms with van der Waals surface area (Å²) >= 11 is 0. The number of carbonyl (C=O) groups is 1. The Balaban J connectivity index is 1.62. The number of carbonyl (C=O) groups excluding carboxylic acids is 1. The fourth-order valence-electron chi connectivity index (χ4n) is 2.50. The monoisotopic (exact) mass is 349 g/mol. The van der Waals surface area contributed by atoms with Crippen molar-refractivity contribution in [2.24, 2.45) is 0 Å². The number of nitrogens with zero attached hydrogens (tertiary/aromatic N) is 1. The van der Waals surface area contributed by atoms with E-state index in [1.54, 1.807) is 36.5 Å². The Kier molecular flexibility index (Phi) is 5.27. The van der Waals surface area contributed by atoms with E-state index in [1.165, 1.54) is 17.2 Å². The number of benzene rings is 2. The summed E-state index contributed by atoms with van der Waals surface area (Å²) in [6, 6.07) is 15.9. The van der Waals surface area contributed by atoms with Crippen LogP contribution in [0, 0.1) is 19.7 Å². The molecule has 1 amide bonds. The summed E-state index contributed by atoms with van der Waals surface area (Å²) in [7, 11) is 0. The molecular weight excluding hydrogens is 329 g/mol. The van der Waals surface area contributed by atoms with Gasteiger partial charge in [0.2, 0.25) is 0 Å². The number of halogens is 1. The van der Waals surface area contributed by atoms with Gasteiger partial charge in [0.05, 0.1) is 11.9 Å². The molecule has 0 aliphatic rings. The zero-order valence-corrected chi connectivity index (χ0v) is 14.7. The van der Waals surface area contributed by atoms with Crippen molar-refractivity contribution in [2.75, 3.05) is 5.32 Å². The number of anilines is 2. The van der Waals surface area contributed by atoms with Gasteiger partial charge in [0.1, 0.15) is 11.5 Å². The Morgan fingerprint density at radius 1 is 1.00 bits per heavy atom. The lowest BCUT2D eigenvalue weighted by atomic mass is 10.1. The van der Waals surface area contributed by atoms with E-state index < -0.39 is 0 Å². The van der Waals surface area contributed by atoms with Gasteiger partial charge in [0, 0.05) is 17.8 Å². The minimum absolute atomic E-state index is 0.121. The highest BCUT2D eigenvalue weighted by molar-refractivity contribution is 5.92. The van der Waals surface area contributed by atoms with E-state index in [0.717, 1.165) is 11.4 Å². The van der Waals surface area contributed by atoms with Gasteiger partial charge >= 0.3 is 0 Å². The van der Waals surface area contributed by atoms with Crippen LogP contribution >= 0.6 is 0 Å². The molecule has 0 atom stereocenters. The molecule has 0 spiro atoms. The fraction of sp³-hybridized carbons (Fsp3) is 0.143. The topological polar surface area (TPSA) is 54.0 Å². The first-order chi connectivity index (χ1) is 12.5. The van der Waals surface area contributed by atoms with E-state index in [0.29, 0.717) is 5.56 Å². The van der Waals surface area contributed by atoms with Crippen LogP contribution in [0.15, 0.2) is 60.8 Å². The van der Waals surface area contributed by atoms with Crippen LogP contribution in [0.5, 0.6) is 0 Å². The molecule has 0 saturated carbocycles. The summed E-state index contributed by atoms with van der Waals surface area (Å²) in [6.45, 7) is 4.24. The average Bonchev–Trinajstić information content (AvgIpc) is 2.64. The second kappa shape index (κ2) is 7.78. The van der Waals surface area contributed by atoms with Crippen LogP contribution in [0.3, 0.4) is 0 Å². The van der Waals surface area contributed by atoms with Crippen molar-refractivity contribution in [1.82, 2.24) is 10.3 Å². The Hall–Kier alpha value is -3.21. The summed E-state index contributed by atoms with van der Waals surface area (Å²) in [5.41, 5.74) is 4.91. The van der Waals surface area contributed by atoms with Gasteiger partial charge in [-0.1, -0.05) is 24.3 Å². The standard InChI is InChI=1S/C21H20FN3O/c1-14-7-8-17(11-15(14)2)25-18-9-10-20(23-13-18)21(26)24-12-16-5-3-4-6-19(16)22/h3-11,13,25H,12H2,1-2H3,(H,24,26). The Bertz CT molecular complexity index is 923. The molecule has 2 N–H and O–H groups in total. The first kappa shape index (κ1) is 17.6. The van der Waals surface area contributed by atoms with Crippen molar-refractivity contribution in [2.45, 2.75) is 20.4 Å². The number of aryl methyl sites for hydroxylation is 2. The van der Waals surface area contributed by atoms with Crippen LogP contribution in [-0.4, -0.2) is 10.9 Å². The summed E-state index contributed by atoms with van der Waals surface area (Å²) in [5.74, 6) is -0.681. The molecule has 26 heavy (non-hydrogen) atoms. The van der Waals surface area contributed by atoms with Crippen molar-refractivity contribution in [3.05, 3.63) is 89.0 Å². The van der Waals surface area contributed by atoms with E-state index >= 15 is 0 Å². The summed E-state index contributed by atoms with van der Waals surface area (Å²) in [6.07, 6.45) is 1.60. The van der Waals surface area contributed by atoms with Crippen molar-refractivity contribution in [1.29, 1.82) is 0 Å². The van der Waals surface area contributed by atoms with Crippen LogP contribution in [0.4, 0.5) is 15.8 Å². The molecule has 0 aliphatic carbocycles. The molecule has 4 nitrogen and oxygen atoms in total. The molecule has 0 aliphatic heterocycles. The van der Waals surface area contributed by atoms with Gasteiger partial charge in [0.15, 0.2) is 0 Å². The van der Waals surface area contributed by atoms with Gasteiger partial charge in [0.25, 0.3) is 5.91 Å². The second-order valence-electron chi connectivity index (χ2n) is 6.13. The summed E-state index contributed by atoms with van der Waals surface area (Å²) in [4.78, 5) is 16.3. The Morgan fingerprint density at radius 3 is 2.46 bits per heavy atom. The number of aromatic nitrogens is 1. The maximum Gasteiger partial charge on any atom is 0.270 e. The van der Waals surface area contributed by atoms with Gasteiger partial charge in [-0.25, -0.2) is 9.37 Å². The molecule has 0 radical (unpaired) electrons. The van der Waals surface area contributed by atoms with Crippen LogP contribution < -0.4 is 10.6 Å². The Morgan fingerprint density at radius 2 is 1.77 bits per heavy atom. The molecule has 0 fully saturated rings. The maximum absolute atomic E-state index is 13.6. The van der Waals surface area contributed by atoms with Gasteiger partial charge in [-0.2, -0.15) is 0 Å². The second-order valence-corrected chi connectivity index (χ2v) is 6.13. The first-order valence-electron chi connectivity index (χ1n) is 8.35. The highest BCUT2D eigenvalue weighted by Crippen LogP contribution is 2.19. The van der Waals surface area contributed by atoms with Crippen molar-refractivity contribution in [3.8, 4) is 0 Å². The maximum atomic E-state index is 13.6. The average molecular weight is 349 g/mol. The smallest absolute Gasteiger partial charge is 0.270 e. The first-order valence-corrected chi connectivity index (χ1v) is 8.35. The lowest BCUT2D eigenvalue weighted by Gasteiger charge is -2.09. The van der Waals surface area contributed by atoms with E-state index in [4.69, 9.17) is 0 Å². The quantitative estimate of drug-likeness (QED) is 0.712. The third-order valence-electron chi connectivity index (χ3n) is 4.19. The van der Waals surface area contributed by atoms with Crippen molar-refractivity contribution >= 4 is 17.3 Å². The number of hydrogen-bond acceptors (Lipinski definition) is 3. The van der Waals surface area contributed by atoms with Crippen LogP contribution in [0.25, 0.3) is 0 Å². The molecule has 3 aromatic rings. The van der Waals surface area contributed by atoms with Crippen LogP contribution in [-0.2, 0) is 6.54 Å². The molecule has 2 aromatic carbocycles.